The minimum Gasteiger partial charge on any atom is -0.744 e. The molecule has 0 saturated heterocycles. The summed E-state index contributed by atoms with van der Waals surface area (Å²) in [6, 6.07) is 20.8. The first kappa shape index (κ1) is 52.9. The zero-order valence-electron chi connectivity index (χ0n) is 41.0. The van der Waals surface area contributed by atoms with Crippen LogP contribution in [0.25, 0.3) is 33.4 Å². The van der Waals surface area contributed by atoms with Crippen molar-refractivity contribution in [3.05, 3.63) is 159 Å². The van der Waals surface area contributed by atoms with Gasteiger partial charge in [0.05, 0.1) is 45.6 Å². The fraction of sp³-hybridized carbons (Fsp3) is 0.255. The summed E-state index contributed by atoms with van der Waals surface area (Å²) in [5, 5.41) is 48.0. The highest BCUT2D eigenvalue weighted by Gasteiger charge is 2.45. The van der Waals surface area contributed by atoms with E-state index in [1.165, 1.54) is 54.6 Å². The third-order valence-electron chi connectivity index (χ3n) is 13.7. The lowest BCUT2D eigenvalue weighted by Crippen LogP contribution is -2.28. The molecule has 19 heteroatoms. The summed E-state index contributed by atoms with van der Waals surface area (Å²) in [6.45, 7) is 11.3. The molecule has 4 N–H and O–H groups in total. The Kier molecular flexibility index (Phi) is 15.2. The van der Waals surface area contributed by atoms with E-state index in [4.69, 9.17) is 4.42 Å². The van der Waals surface area contributed by atoms with Crippen LogP contribution in [0.2, 0.25) is 0 Å². The van der Waals surface area contributed by atoms with Crippen LogP contribution >= 0.6 is 12.0 Å². The number of carboxylic acid groups (broad SMARTS) is 2. The van der Waals surface area contributed by atoms with Gasteiger partial charge in [-0.3, -0.25) is 14.6 Å². The fourth-order valence-electron chi connectivity index (χ4n) is 10.0. The molecule has 0 fully saturated rings. The van der Waals surface area contributed by atoms with Crippen LogP contribution in [0.15, 0.2) is 140 Å². The van der Waals surface area contributed by atoms with Gasteiger partial charge >= 0.3 is 11.9 Å². The molecule has 384 valence electrons. The van der Waals surface area contributed by atoms with Crippen molar-refractivity contribution in [2.24, 2.45) is 0 Å². The molecule has 17 nitrogen and oxygen atoms in total. The lowest BCUT2D eigenvalue weighted by Gasteiger charge is -2.25. The molecule has 0 aromatic heterocycles. The van der Waals surface area contributed by atoms with Crippen molar-refractivity contribution >= 4 is 68.1 Å². The summed E-state index contributed by atoms with van der Waals surface area (Å²) in [4.78, 5) is 52.8. The first-order valence-electron chi connectivity index (χ1n) is 23.6. The van der Waals surface area contributed by atoms with Crippen LogP contribution < -0.4 is 20.9 Å². The smallest absolute Gasteiger partial charge is 0.336 e. The molecule has 0 saturated carbocycles. The summed E-state index contributed by atoms with van der Waals surface area (Å²) >= 11 is 0.842. The number of hydrogen-bond donors (Lipinski definition) is 4. The van der Waals surface area contributed by atoms with Gasteiger partial charge in [0, 0.05) is 81.4 Å². The Balaban J connectivity index is 0.984. The molecule has 0 radical (unpaired) electrons. The second-order valence-electron chi connectivity index (χ2n) is 18.9. The summed E-state index contributed by atoms with van der Waals surface area (Å²) in [7, 11) is -4.73. The maximum Gasteiger partial charge on any atom is 0.336 e. The van der Waals surface area contributed by atoms with Gasteiger partial charge in [0.2, 0.25) is 11.6 Å². The molecular formula is C55H52N3O14S2-. The highest BCUT2D eigenvalue weighted by atomic mass is 32.2. The van der Waals surface area contributed by atoms with E-state index in [-0.39, 0.29) is 68.5 Å². The molecule has 1 amide bonds. The van der Waals surface area contributed by atoms with Gasteiger partial charge in [-0.1, -0.05) is 38.1 Å². The summed E-state index contributed by atoms with van der Waals surface area (Å²) in [5.41, 5.74) is 4.58. The normalized spacial score (nSPS) is 15.5. The molecule has 0 unspecified atom stereocenters. The number of aromatic carboxylic acids is 2. The highest BCUT2D eigenvalue weighted by molar-refractivity contribution is 7.94. The third kappa shape index (κ3) is 10.4. The zero-order valence-corrected chi connectivity index (χ0v) is 42.6. The van der Waals surface area contributed by atoms with Crippen molar-refractivity contribution in [1.82, 2.24) is 5.32 Å². The third-order valence-corrected chi connectivity index (χ3v) is 15.1. The predicted octanol–water partition coefficient (Wildman–Crippen LogP) is 8.87. The Morgan fingerprint density at radius 3 is 2.35 bits per heavy atom. The molecule has 0 atom stereocenters. The second-order valence-corrected chi connectivity index (χ2v) is 21.0. The number of fused-ring (bicyclic) bond motifs is 4. The van der Waals surface area contributed by atoms with Crippen molar-refractivity contribution in [1.29, 1.82) is 0 Å². The van der Waals surface area contributed by atoms with Gasteiger partial charge in [0.15, 0.2) is 11.1 Å². The van der Waals surface area contributed by atoms with Crippen LogP contribution in [0.5, 0.6) is 5.75 Å². The average Bonchev–Trinajstić information content (AvgIpc) is 3.71. The number of nitrogens with zero attached hydrogens (tertiary/aromatic N) is 2. The zero-order chi connectivity index (χ0) is 53.3. The van der Waals surface area contributed by atoms with Crippen molar-refractivity contribution in [2.75, 3.05) is 18.0 Å². The molecule has 1 aliphatic carbocycles. The van der Waals surface area contributed by atoms with Gasteiger partial charge < -0.3 is 39.8 Å². The Morgan fingerprint density at radius 1 is 0.865 bits per heavy atom. The molecule has 4 aromatic rings. The number of hydrogen-bond acceptors (Lipinski definition) is 14. The molecule has 4 aromatic carbocycles. The number of likely N-dealkylation sites (N-methyl/N-ethyl adjacent to an activating group) is 1. The van der Waals surface area contributed by atoms with Crippen LogP contribution in [-0.2, 0) is 41.7 Å². The van der Waals surface area contributed by atoms with E-state index in [9.17, 15) is 52.7 Å². The van der Waals surface area contributed by atoms with Crippen LogP contribution in [0, 0.1) is 0 Å². The summed E-state index contributed by atoms with van der Waals surface area (Å²) in [5.74, 6) is -3.17. The molecule has 0 bridgehead atoms. The number of amides is 1. The minimum atomic E-state index is -4.73. The first-order valence-corrected chi connectivity index (χ1v) is 25.8. The topological polar surface area (TPSA) is 259 Å². The van der Waals surface area contributed by atoms with Crippen molar-refractivity contribution in [3.63, 3.8) is 0 Å². The fourth-order valence-corrected chi connectivity index (χ4v) is 10.9. The lowest BCUT2D eigenvalue weighted by molar-refractivity contribution is -0.777. The number of unbranched alkanes of at least 4 members (excludes halogenated alkanes) is 2. The van der Waals surface area contributed by atoms with Gasteiger partial charge in [-0.05, 0) is 118 Å². The highest BCUT2D eigenvalue weighted by Crippen LogP contribution is 2.49. The molecule has 3 aliphatic heterocycles. The number of aromatic hydroxyl groups is 1. The van der Waals surface area contributed by atoms with Crippen LogP contribution in [0.1, 0.15) is 97.7 Å². The minimum absolute atomic E-state index is 0.0811. The maximum absolute atomic E-state index is 13.4. The van der Waals surface area contributed by atoms with Crippen molar-refractivity contribution in [2.45, 2.75) is 87.5 Å². The summed E-state index contributed by atoms with van der Waals surface area (Å²) < 4.78 is 49.3. The number of carbonyl (C=O) groups excluding carboxylic acids is 1. The maximum atomic E-state index is 13.4. The van der Waals surface area contributed by atoms with E-state index in [0.717, 1.165) is 57.9 Å². The SMILES string of the molecule is CCN1C(=CC=CC=CC2=[N+](CCCCCC(=O)NCc3c(O)ccc4c(-c5ccc(C(=O)O)cc5C(=O)O)c5ccc(=O)cc-5oc34)c3ccc(S(=O)(=O)[O-])cc3C2(C)C)C(C)(C)c2cc(SOO[O-])ccc21. The van der Waals surface area contributed by atoms with Crippen LogP contribution in [0.3, 0.4) is 0 Å². The Labute approximate surface area is 430 Å². The average molecular weight is 1040 g/mol. The van der Waals surface area contributed by atoms with E-state index in [2.05, 4.69) is 51.0 Å². The van der Waals surface area contributed by atoms with Crippen molar-refractivity contribution < 1.29 is 66.3 Å². The van der Waals surface area contributed by atoms with Gasteiger partial charge in [-0.25, -0.2) is 18.0 Å². The van der Waals surface area contributed by atoms with Crippen LogP contribution in [-0.4, -0.2) is 69.5 Å². The van der Waals surface area contributed by atoms with Gasteiger partial charge in [-0.15, -0.1) is 0 Å². The Morgan fingerprint density at radius 2 is 1.64 bits per heavy atom. The predicted molar refractivity (Wildman–Crippen MR) is 275 cm³/mol. The number of carboxylic acids is 2. The van der Waals surface area contributed by atoms with Crippen molar-refractivity contribution in [3.8, 4) is 28.2 Å². The standard InChI is InChI=1S/C55H53N3O14S2/c1-6-57-43-23-18-34(73-72-71-66)29-41(43)54(2,3)47(57)13-9-7-10-14-48-55(4,5)42-30-35(74(67,68)69)19-24-44(42)58(48)26-12-8-11-15-49(61)56-31-40-45(60)25-22-38-50(37-21-17-33(59)28-46(37)70-51(38)40)36-20-16-32(52(62)63)27-39(36)53(64)65/h7,9-10,13-14,16-25,27-30H,6,8,11-12,15,26,31H2,1-5H3,(H5-,56,60,61,62,63,64,65,66,67,68,69)/p-1. The molecule has 8 rings (SSSR count). The molecule has 0 spiro atoms. The molecule has 4 aliphatic rings. The molecule has 74 heavy (non-hydrogen) atoms. The quantitative estimate of drug-likeness (QED) is 0.00863. The van der Waals surface area contributed by atoms with E-state index in [1.807, 2.05) is 56.4 Å². The van der Waals surface area contributed by atoms with E-state index in [1.54, 1.807) is 6.07 Å². The largest absolute Gasteiger partial charge is 0.744 e. The second kappa shape index (κ2) is 21.2. The number of rotatable bonds is 19. The number of benzene rings is 5. The van der Waals surface area contributed by atoms with Gasteiger partial charge in [0.25, 0.3) is 0 Å². The Hall–Kier alpha value is -7.39. The lowest BCUT2D eigenvalue weighted by atomic mass is 9.81. The van der Waals surface area contributed by atoms with E-state index < -0.39 is 32.9 Å². The Bertz CT molecular complexity index is 3520. The number of phenolic OH excluding ortho intramolecular Hbond substituents is 1. The molecular weight excluding hydrogens is 991 g/mol. The van der Waals surface area contributed by atoms with Gasteiger partial charge in [-0.2, -0.15) is 8.91 Å². The number of carbonyl (C=O) groups is 3. The number of phenols is 1. The summed E-state index contributed by atoms with van der Waals surface area (Å²) in [6.07, 6.45) is 11.7. The van der Waals surface area contributed by atoms with E-state index in [0.29, 0.717) is 47.9 Å². The number of anilines is 1. The first-order chi connectivity index (χ1) is 35.2. The monoisotopic (exact) mass is 1040 g/mol. The number of nitrogens with one attached hydrogen (secondary N) is 1. The van der Waals surface area contributed by atoms with E-state index >= 15 is 0 Å². The van der Waals surface area contributed by atoms with Crippen LogP contribution in [0.4, 0.5) is 11.4 Å². The van der Waals surface area contributed by atoms with Gasteiger partial charge in [0.1, 0.15) is 33.8 Å². The molecule has 3 heterocycles. The number of allylic oxidation sites excluding steroid dienone is 6.